The van der Waals surface area contributed by atoms with E-state index in [-0.39, 0.29) is 0 Å². The number of benzene rings is 4. The standard InChI is InChI=1S/C25H20O5/c1-15(26)29-23-14-21(25(30-16(2)27)20-11-7-6-10-19(20)23)24-18-9-5-4-8-17(18)12-13-22(24)28-3/h4-14H,1-3H3. The lowest BCUT2D eigenvalue weighted by atomic mass is 9.93. The number of hydrogen-bond acceptors (Lipinski definition) is 5. The fourth-order valence-corrected chi connectivity index (χ4v) is 3.69. The van der Waals surface area contributed by atoms with E-state index in [4.69, 9.17) is 14.2 Å². The van der Waals surface area contributed by atoms with Crippen molar-refractivity contribution in [3.8, 4) is 28.4 Å². The molecule has 0 aromatic heterocycles. The third kappa shape index (κ3) is 3.46. The second kappa shape index (κ2) is 7.87. The topological polar surface area (TPSA) is 61.8 Å². The number of methoxy groups -OCH3 is 1. The van der Waals surface area contributed by atoms with Crippen LogP contribution in [0.15, 0.2) is 66.7 Å². The van der Waals surface area contributed by atoms with Gasteiger partial charge in [0.1, 0.15) is 17.2 Å². The van der Waals surface area contributed by atoms with Crippen molar-refractivity contribution >= 4 is 33.5 Å². The number of esters is 2. The van der Waals surface area contributed by atoms with E-state index in [9.17, 15) is 9.59 Å². The molecule has 4 aromatic carbocycles. The van der Waals surface area contributed by atoms with Gasteiger partial charge in [0.2, 0.25) is 0 Å². The Hall–Kier alpha value is -3.86. The van der Waals surface area contributed by atoms with Gasteiger partial charge in [-0.25, -0.2) is 0 Å². The van der Waals surface area contributed by atoms with E-state index in [1.54, 1.807) is 13.2 Å². The molecule has 5 heteroatoms. The van der Waals surface area contributed by atoms with Crippen LogP contribution in [0.25, 0.3) is 32.7 Å². The smallest absolute Gasteiger partial charge is 0.308 e. The van der Waals surface area contributed by atoms with Crippen LogP contribution in [-0.4, -0.2) is 19.0 Å². The summed E-state index contributed by atoms with van der Waals surface area (Å²) in [6, 6.07) is 20.8. The summed E-state index contributed by atoms with van der Waals surface area (Å²) < 4.78 is 16.9. The van der Waals surface area contributed by atoms with E-state index in [0.717, 1.165) is 16.3 Å². The molecule has 150 valence electrons. The van der Waals surface area contributed by atoms with Gasteiger partial charge in [-0.15, -0.1) is 0 Å². The van der Waals surface area contributed by atoms with Crippen LogP contribution in [0.3, 0.4) is 0 Å². The molecule has 0 bridgehead atoms. The van der Waals surface area contributed by atoms with Crippen molar-refractivity contribution in [3.05, 3.63) is 66.7 Å². The van der Waals surface area contributed by atoms with Gasteiger partial charge in [-0.1, -0.05) is 54.6 Å². The van der Waals surface area contributed by atoms with Crippen LogP contribution >= 0.6 is 0 Å². The van der Waals surface area contributed by atoms with Crippen LogP contribution in [0.2, 0.25) is 0 Å². The molecule has 4 rings (SSSR count). The van der Waals surface area contributed by atoms with Crippen molar-refractivity contribution in [1.29, 1.82) is 0 Å². The molecule has 0 aliphatic rings. The van der Waals surface area contributed by atoms with Gasteiger partial charge >= 0.3 is 11.9 Å². The first-order valence-corrected chi connectivity index (χ1v) is 9.48. The zero-order valence-electron chi connectivity index (χ0n) is 16.9. The quantitative estimate of drug-likeness (QED) is 0.333. The molecule has 30 heavy (non-hydrogen) atoms. The number of carbonyl (C=O) groups is 2. The van der Waals surface area contributed by atoms with E-state index in [1.165, 1.54) is 13.8 Å². The summed E-state index contributed by atoms with van der Waals surface area (Å²) in [6.45, 7) is 2.71. The van der Waals surface area contributed by atoms with Crippen molar-refractivity contribution in [2.24, 2.45) is 0 Å². The Kier molecular flexibility index (Phi) is 5.11. The lowest BCUT2D eigenvalue weighted by molar-refractivity contribution is -0.132. The molecule has 4 aromatic rings. The third-order valence-corrected chi connectivity index (χ3v) is 4.84. The second-order valence-corrected chi connectivity index (χ2v) is 6.85. The first-order valence-electron chi connectivity index (χ1n) is 9.48. The maximum Gasteiger partial charge on any atom is 0.308 e. The summed E-state index contributed by atoms with van der Waals surface area (Å²) >= 11 is 0. The highest BCUT2D eigenvalue weighted by Crippen LogP contribution is 2.47. The van der Waals surface area contributed by atoms with Gasteiger partial charge in [-0.2, -0.15) is 0 Å². The zero-order chi connectivity index (χ0) is 21.3. The fourth-order valence-electron chi connectivity index (χ4n) is 3.69. The zero-order valence-corrected chi connectivity index (χ0v) is 16.9. The summed E-state index contributed by atoms with van der Waals surface area (Å²) in [5.74, 6) is 0.519. The summed E-state index contributed by atoms with van der Waals surface area (Å²) in [7, 11) is 1.59. The van der Waals surface area contributed by atoms with Gasteiger partial charge in [-0.3, -0.25) is 9.59 Å². The first-order chi connectivity index (χ1) is 14.5. The molecule has 0 heterocycles. The average molecular weight is 400 g/mol. The monoisotopic (exact) mass is 400 g/mol. The molecule has 5 nitrogen and oxygen atoms in total. The predicted octanol–water partition coefficient (Wildman–Crippen LogP) is 5.52. The summed E-state index contributed by atoms with van der Waals surface area (Å²) in [6.07, 6.45) is 0. The number of carbonyl (C=O) groups excluding carboxylic acids is 2. The molecule has 0 saturated carbocycles. The summed E-state index contributed by atoms with van der Waals surface area (Å²) in [4.78, 5) is 23.8. The first kappa shape index (κ1) is 19.5. The minimum absolute atomic E-state index is 0.388. The van der Waals surface area contributed by atoms with E-state index in [0.29, 0.717) is 33.6 Å². The van der Waals surface area contributed by atoms with Crippen molar-refractivity contribution in [2.75, 3.05) is 7.11 Å². The number of hydrogen-bond donors (Lipinski definition) is 0. The van der Waals surface area contributed by atoms with E-state index >= 15 is 0 Å². The van der Waals surface area contributed by atoms with Gasteiger partial charge in [-0.05, 0) is 22.9 Å². The van der Waals surface area contributed by atoms with E-state index < -0.39 is 11.9 Å². The van der Waals surface area contributed by atoms with Gasteiger partial charge in [0.05, 0.1) is 7.11 Å². The van der Waals surface area contributed by atoms with Gasteiger partial charge in [0, 0.05) is 35.7 Å². The van der Waals surface area contributed by atoms with Crippen LogP contribution < -0.4 is 14.2 Å². The fraction of sp³-hybridized carbons (Fsp3) is 0.120. The number of fused-ring (bicyclic) bond motifs is 2. The maximum atomic E-state index is 12.0. The highest BCUT2D eigenvalue weighted by atomic mass is 16.5. The van der Waals surface area contributed by atoms with Crippen molar-refractivity contribution in [3.63, 3.8) is 0 Å². The van der Waals surface area contributed by atoms with Crippen LogP contribution in [0.4, 0.5) is 0 Å². The van der Waals surface area contributed by atoms with Crippen LogP contribution in [0.1, 0.15) is 13.8 Å². The Labute approximate surface area is 173 Å². The van der Waals surface area contributed by atoms with E-state index in [2.05, 4.69) is 0 Å². The molecule has 0 unspecified atom stereocenters. The van der Waals surface area contributed by atoms with Crippen molar-refractivity contribution in [1.82, 2.24) is 0 Å². The Balaban J connectivity index is 2.17. The van der Waals surface area contributed by atoms with E-state index in [1.807, 2.05) is 60.7 Å². The van der Waals surface area contributed by atoms with Crippen LogP contribution in [0.5, 0.6) is 17.2 Å². The largest absolute Gasteiger partial charge is 0.496 e. The average Bonchev–Trinajstić information content (AvgIpc) is 2.74. The Morgan fingerprint density at radius 3 is 2.00 bits per heavy atom. The number of ether oxygens (including phenoxy) is 3. The Morgan fingerprint density at radius 1 is 0.700 bits per heavy atom. The Bertz CT molecular complexity index is 1290. The number of rotatable bonds is 4. The third-order valence-electron chi connectivity index (χ3n) is 4.84. The Morgan fingerprint density at radius 2 is 1.33 bits per heavy atom. The normalized spacial score (nSPS) is 10.8. The van der Waals surface area contributed by atoms with Gasteiger partial charge in [0.25, 0.3) is 0 Å². The van der Waals surface area contributed by atoms with Crippen LogP contribution in [0, 0.1) is 0 Å². The SMILES string of the molecule is COc1ccc2ccccc2c1-c1cc(OC(C)=O)c2ccccc2c1OC(C)=O. The molecule has 0 aliphatic heterocycles. The maximum absolute atomic E-state index is 12.0. The molecule has 0 radical (unpaired) electrons. The lowest BCUT2D eigenvalue weighted by Crippen LogP contribution is -2.06. The highest BCUT2D eigenvalue weighted by Gasteiger charge is 2.22. The highest BCUT2D eigenvalue weighted by molar-refractivity contribution is 6.08. The van der Waals surface area contributed by atoms with Crippen molar-refractivity contribution < 1.29 is 23.8 Å². The summed E-state index contributed by atoms with van der Waals surface area (Å²) in [5.41, 5.74) is 1.36. The summed E-state index contributed by atoms with van der Waals surface area (Å²) in [5, 5.41) is 3.27. The van der Waals surface area contributed by atoms with Crippen LogP contribution in [-0.2, 0) is 9.59 Å². The molecule has 0 saturated heterocycles. The molecule has 0 spiro atoms. The molecular formula is C25H20O5. The van der Waals surface area contributed by atoms with Gasteiger partial charge < -0.3 is 14.2 Å². The molecule has 0 aliphatic carbocycles. The minimum atomic E-state index is -0.444. The second-order valence-electron chi connectivity index (χ2n) is 6.85. The minimum Gasteiger partial charge on any atom is -0.496 e. The van der Waals surface area contributed by atoms with Crippen molar-refractivity contribution in [2.45, 2.75) is 13.8 Å². The predicted molar refractivity (Wildman–Crippen MR) is 116 cm³/mol. The van der Waals surface area contributed by atoms with Gasteiger partial charge in [0.15, 0.2) is 0 Å². The lowest BCUT2D eigenvalue weighted by Gasteiger charge is -2.19. The molecule has 0 fully saturated rings. The molecular weight excluding hydrogens is 380 g/mol. The molecule has 0 atom stereocenters. The molecule has 0 N–H and O–H groups in total. The molecule has 0 amide bonds.